The number of hydrogen-bond acceptors (Lipinski definition) is 5. The molecule has 0 saturated carbocycles. The lowest BCUT2D eigenvalue weighted by atomic mass is 9.91. The van der Waals surface area contributed by atoms with Gasteiger partial charge in [-0.25, -0.2) is 15.1 Å². The van der Waals surface area contributed by atoms with Crippen LogP contribution in [0.4, 0.5) is 5.82 Å². The topological polar surface area (TPSA) is 117 Å². The molecule has 8 nitrogen and oxygen atoms in total. The number of amides is 1. The summed E-state index contributed by atoms with van der Waals surface area (Å²) >= 11 is 0. The first-order chi connectivity index (χ1) is 12.4. The molecule has 26 heavy (non-hydrogen) atoms. The number of carbonyl (C=O) groups is 1. The van der Waals surface area contributed by atoms with Crippen LogP contribution in [-0.2, 0) is 34.4 Å². The predicted octanol–water partition coefficient (Wildman–Crippen LogP) is 0.700. The largest absolute Gasteiger partial charge is 0.310 e. The van der Waals surface area contributed by atoms with E-state index in [0.717, 1.165) is 28.7 Å². The summed E-state index contributed by atoms with van der Waals surface area (Å²) in [6.07, 6.45) is 3.53. The van der Waals surface area contributed by atoms with Crippen LogP contribution in [-0.4, -0.2) is 30.9 Å². The molecule has 9 heteroatoms. The smallest absolute Gasteiger partial charge is 0.287 e. The van der Waals surface area contributed by atoms with Crippen LogP contribution in [0.25, 0.3) is 11.1 Å². The molecular formula is C17H19N5O3S. The van der Waals surface area contributed by atoms with Crippen LogP contribution in [0.3, 0.4) is 0 Å². The third-order valence-electron chi connectivity index (χ3n) is 4.70. The standard InChI is InChI=1S/C17H19N5O3S/c18-26(24,25)21-22-8-6-11-1-2-12(9-13(11)10-22)14-5-7-19-17-15(14)3-4-16(23)20-17/h1-2,5,7,9,21H,3-4,6,8,10H2,(H2,18,24,25)(H,19,20,23). The van der Waals surface area contributed by atoms with E-state index in [1.54, 1.807) is 11.2 Å². The predicted molar refractivity (Wildman–Crippen MR) is 97.0 cm³/mol. The molecule has 1 aromatic heterocycles. The molecule has 0 spiro atoms. The van der Waals surface area contributed by atoms with Gasteiger partial charge in [-0.05, 0) is 47.2 Å². The van der Waals surface area contributed by atoms with Gasteiger partial charge >= 0.3 is 0 Å². The molecule has 0 fully saturated rings. The zero-order valence-electron chi connectivity index (χ0n) is 14.0. The number of hydrogen-bond donors (Lipinski definition) is 3. The molecule has 0 aliphatic carbocycles. The van der Waals surface area contributed by atoms with Crippen molar-refractivity contribution in [3.8, 4) is 11.1 Å². The molecule has 1 aromatic carbocycles. The number of benzene rings is 1. The number of anilines is 1. The Balaban J connectivity index is 1.67. The fourth-order valence-electron chi connectivity index (χ4n) is 3.54. The Morgan fingerprint density at radius 2 is 2.00 bits per heavy atom. The quantitative estimate of drug-likeness (QED) is 0.732. The van der Waals surface area contributed by atoms with E-state index in [1.807, 2.05) is 6.07 Å². The van der Waals surface area contributed by atoms with E-state index in [9.17, 15) is 13.2 Å². The van der Waals surface area contributed by atoms with Gasteiger partial charge in [-0.15, -0.1) is 4.83 Å². The normalized spacial score (nSPS) is 17.3. The summed E-state index contributed by atoms with van der Waals surface area (Å²) in [6.45, 7) is 1.02. The van der Waals surface area contributed by atoms with Gasteiger partial charge in [0.25, 0.3) is 10.2 Å². The van der Waals surface area contributed by atoms with Crippen LogP contribution in [0.2, 0.25) is 0 Å². The number of fused-ring (bicyclic) bond motifs is 2. The first-order valence-electron chi connectivity index (χ1n) is 8.34. The molecule has 4 N–H and O–H groups in total. The second kappa shape index (κ2) is 6.44. The van der Waals surface area contributed by atoms with Crippen molar-refractivity contribution in [2.24, 2.45) is 5.14 Å². The summed E-state index contributed by atoms with van der Waals surface area (Å²) in [7, 11) is -3.78. The van der Waals surface area contributed by atoms with Crippen molar-refractivity contribution >= 4 is 21.9 Å². The highest BCUT2D eigenvalue weighted by Gasteiger charge is 2.22. The minimum absolute atomic E-state index is 0.0164. The van der Waals surface area contributed by atoms with Crippen LogP contribution in [0, 0.1) is 0 Å². The van der Waals surface area contributed by atoms with Gasteiger partial charge in [0.15, 0.2) is 0 Å². The summed E-state index contributed by atoms with van der Waals surface area (Å²) in [5.74, 6) is 0.603. The highest BCUT2D eigenvalue weighted by Crippen LogP contribution is 2.33. The number of nitrogens with two attached hydrogens (primary N) is 1. The van der Waals surface area contributed by atoms with Gasteiger partial charge in [0.2, 0.25) is 5.91 Å². The molecule has 0 radical (unpaired) electrons. The molecule has 0 bridgehead atoms. The summed E-state index contributed by atoms with van der Waals surface area (Å²) in [4.78, 5) is 18.2. The number of pyridine rings is 1. The van der Waals surface area contributed by atoms with E-state index >= 15 is 0 Å². The van der Waals surface area contributed by atoms with Crippen LogP contribution in [0.1, 0.15) is 23.1 Å². The van der Waals surface area contributed by atoms with Crippen LogP contribution < -0.4 is 15.3 Å². The molecule has 2 aliphatic rings. The van der Waals surface area contributed by atoms with Gasteiger partial charge in [-0.3, -0.25) is 4.79 Å². The minimum atomic E-state index is -3.78. The van der Waals surface area contributed by atoms with E-state index in [-0.39, 0.29) is 5.91 Å². The fraction of sp³-hybridized carbons (Fsp3) is 0.294. The van der Waals surface area contributed by atoms with Gasteiger partial charge in [0, 0.05) is 31.3 Å². The van der Waals surface area contributed by atoms with Crippen molar-refractivity contribution in [1.29, 1.82) is 0 Å². The number of nitrogens with zero attached hydrogens (tertiary/aromatic N) is 2. The highest BCUT2D eigenvalue weighted by atomic mass is 32.2. The molecule has 136 valence electrons. The van der Waals surface area contributed by atoms with E-state index in [1.165, 1.54) is 5.56 Å². The summed E-state index contributed by atoms with van der Waals surface area (Å²) in [5.41, 5.74) is 5.33. The lowest BCUT2D eigenvalue weighted by Gasteiger charge is -2.28. The van der Waals surface area contributed by atoms with E-state index in [4.69, 9.17) is 5.14 Å². The summed E-state index contributed by atoms with van der Waals surface area (Å²) < 4.78 is 22.5. The zero-order valence-corrected chi connectivity index (χ0v) is 14.8. The molecule has 1 amide bonds. The van der Waals surface area contributed by atoms with Crippen LogP contribution >= 0.6 is 0 Å². The number of hydrazine groups is 1. The molecule has 0 unspecified atom stereocenters. The van der Waals surface area contributed by atoms with Crippen molar-refractivity contribution in [2.45, 2.75) is 25.8 Å². The lowest BCUT2D eigenvalue weighted by Crippen LogP contribution is -2.47. The molecule has 2 aliphatic heterocycles. The Kier molecular flexibility index (Phi) is 4.23. The molecule has 2 aromatic rings. The van der Waals surface area contributed by atoms with Crippen molar-refractivity contribution in [1.82, 2.24) is 14.8 Å². The first kappa shape index (κ1) is 17.1. The Bertz CT molecular complexity index is 990. The van der Waals surface area contributed by atoms with Gasteiger partial charge in [0.1, 0.15) is 5.82 Å². The van der Waals surface area contributed by atoms with Crippen molar-refractivity contribution in [3.05, 3.63) is 47.2 Å². The first-order valence-corrected chi connectivity index (χ1v) is 9.89. The van der Waals surface area contributed by atoms with E-state index in [0.29, 0.717) is 31.7 Å². The second-order valence-corrected chi connectivity index (χ2v) is 7.80. The molecule has 3 heterocycles. The monoisotopic (exact) mass is 373 g/mol. The second-order valence-electron chi connectivity index (χ2n) is 6.53. The van der Waals surface area contributed by atoms with E-state index < -0.39 is 10.2 Å². The number of rotatable bonds is 3. The van der Waals surface area contributed by atoms with Gasteiger partial charge in [-0.1, -0.05) is 12.1 Å². The van der Waals surface area contributed by atoms with Crippen molar-refractivity contribution in [3.63, 3.8) is 0 Å². The maximum Gasteiger partial charge on any atom is 0.287 e. The highest BCUT2D eigenvalue weighted by molar-refractivity contribution is 7.87. The number of aromatic nitrogens is 1. The maximum absolute atomic E-state index is 11.6. The van der Waals surface area contributed by atoms with Gasteiger partial charge in [0.05, 0.1) is 0 Å². The Labute approximate surface area is 151 Å². The third kappa shape index (κ3) is 3.47. The van der Waals surface area contributed by atoms with Crippen LogP contribution in [0.15, 0.2) is 30.5 Å². The summed E-state index contributed by atoms with van der Waals surface area (Å²) in [6, 6.07) is 8.15. The average Bonchev–Trinajstić information content (AvgIpc) is 2.59. The summed E-state index contributed by atoms with van der Waals surface area (Å²) in [5, 5.41) is 9.49. The number of nitrogens with one attached hydrogen (secondary N) is 2. The Morgan fingerprint density at radius 3 is 2.81 bits per heavy atom. The molecule has 0 saturated heterocycles. The minimum Gasteiger partial charge on any atom is -0.310 e. The van der Waals surface area contributed by atoms with Gasteiger partial charge in [-0.2, -0.15) is 8.42 Å². The van der Waals surface area contributed by atoms with Crippen LogP contribution in [0.5, 0.6) is 0 Å². The SMILES string of the molecule is NS(=O)(=O)NN1CCc2ccc(-c3ccnc4c3CCC(=O)N4)cc2C1. The zero-order chi connectivity index (χ0) is 18.3. The van der Waals surface area contributed by atoms with E-state index in [2.05, 4.69) is 33.3 Å². The maximum atomic E-state index is 11.6. The molecule has 4 rings (SSSR count). The fourth-order valence-corrected chi connectivity index (χ4v) is 4.05. The average molecular weight is 373 g/mol. The number of carbonyl (C=O) groups excluding carboxylic acids is 1. The lowest BCUT2D eigenvalue weighted by molar-refractivity contribution is -0.116. The van der Waals surface area contributed by atoms with Crippen molar-refractivity contribution in [2.75, 3.05) is 11.9 Å². The Morgan fingerprint density at radius 1 is 1.15 bits per heavy atom. The molecule has 0 atom stereocenters. The van der Waals surface area contributed by atoms with Gasteiger partial charge < -0.3 is 5.32 Å². The third-order valence-corrected chi connectivity index (χ3v) is 5.21. The Hall–Kier alpha value is -2.33. The van der Waals surface area contributed by atoms with Crippen molar-refractivity contribution < 1.29 is 13.2 Å². The molecular weight excluding hydrogens is 354 g/mol.